The molecule has 1 N–H and O–H groups in total. The van der Waals surface area contributed by atoms with Gasteiger partial charge in [0.25, 0.3) is 0 Å². The SMILES string of the molecule is CC(C)n1cc(CNc2cccc(F)c2I)cn1. The van der Waals surface area contributed by atoms with Gasteiger partial charge in [-0.05, 0) is 48.6 Å². The third-order valence-corrected chi connectivity index (χ3v) is 3.71. The van der Waals surface area contributed by atoms with E-state index in [1.54, 1.807) is 6.07 Å². The topological polar surface area (TPSA) is 29.9 Å². The summed E-state index contributed by atoms with van der Waals surface area (Å²) < 4.78 is 15.9. The van der Waals surface area contributed by atoms with Crippen molar-refractivity contribution in [3.8, 4) is 0 Å². The number of hydrogen-bond donors (Lipinski definition) is 1. The fraction of sp³-hybridized carbons (Fsp3) is 0.308. The Labute approximate surface area is 120 Å². The van der Waals surface area contributed by atoms with Crippen LogP contribution in [0.25, 0.3) is 0 Å². The standard InChI is InChI=1S/C13H15FIN3/c1-9(2)18-8-10(7-17-18)6-16-12-5-3-4-11(14)13(12)15/h3-5,7-9,16H,6H2,1-2H3. The van der Waals surface area contributed by atoms with Gasteiger partial charge in [-0.2, -0.15) is 5.10 Å². The molecule has 1 heterocycles. The molecule has 0 aliphatic heterocycles. The summed E-state index contributed by atoms with van der Waals surface area (Å²) in [7, 11) is 0. The first-order chi connectivity index (χ1) is 8.58. The second-order valence-corrected chi connectivity index (χ2v) is 5.46. The van der Waals surface area contributed by atoms with Crippen molar-refractivity contribution in [2.24, 2.45) is 0 Å². The second-order valence-electron chi connectivity index (χ2n) is 4.38. The maximum Gasteiger partial charge on any atom is 0.138 e. The van der Waals surface area contributed by atoms with Gasteiger partial charge in [0.1, 0.15) is 5.82 Å². The lowest BCUT2D eigenvalue weighted by molar-refractivity contribution is 0.532. The summed E-state index contributed by atoms with van der Waals surface area (Å²) in [6.07, 6.45) is 3.84. The number of rotatable bonds is 4. The van der Waals surface area contributed by atoms with Crippen molar-refractivity contribution in [1.29, 1.82) is 0 Å². The van der Waals surface area contributed by atoms with E-state index in [0.29, 0.717) is 16.2 Å². The third kappa shape index (κ3) is 3.01. The van der Waals surface area contributed by atoms with Crippen molar-refractivity contribution in [3.63, 3.8) is 0 Å². The lowest BCUT2D eigenvalue weighted by Gasteiger charge is -2.08. The van der Waals surface area contributed by atoms with Crippen molar-refractivity contribution in [2.45, 2.75) is 26.4 Å². The largest absolute Gasteiger partial charge is 0.380 e. The zero-order valence-corrected chi connectivity index (χ0v) is 12.5. The minimum atomic E-state index is -0.196. The highest BCUT2D eigenvalue weighted by atomic mass is 127. The summed E-state index contributed by atoms with van der Waals surface area (Å²) in [5.74, 6) is -0.196. The molecule has 96 valence electrons. The van der Waals surface area contributed by atoms with Crippen LogP contribution in [0.3, 0.4) is 0 Å². The zero-order valence-electron chi connectivity index (χ0n) is 10.3. The Balaban J connectivity index is 2.04. The Bertz CT molecular complexity index is 537. The molecule has 0 spiro atoms. The Kier molecular flexibility index (Phi) is 4.21. The fourth-order valence-electron chi connectivity index (χ4n) is 1.59. The maximum absolute atomic E-state index is 13.4. The summed E-state index contributed by atoms with van der Waals surface area (Å²) in [6, 6.07) is 5.40. The summed E-state index contributed by atoms with van der Waals surface area (Å²) >= 11 is 2.01. The smallest absolute Gasteiger partial charge is 0.138 e. The van der Waals surface area contributed by atoms with Crippen LogP contribution in [0.15, 0.2) is 30.6 Å². The molecule has 1 aromatic carbocycles. The van der Waals surface area contributed by atoms with Crippen molar-refractivity contribution in [2.75, 3.05) is 5.32 Å². The zero-order chi connectivity index (χ0) is 13.1. The molecule has 3 nitrogen and oxygen atoms in total. The van der Waals surface area contributed by atoms with Gasteiger partial charge in [0.15, 0.2) is 0 Å². The first kappa shape index (κ1) is 13.3. The fourth-order valence-corrected chi connectivity index (χ4v) is 2.14. The molecule has 0 atom stereocenters. The first-order valence-electron chi connectivity index (χ1n) is 5.79. The predicted molar refractivity (Wildman–Crippen MR) is 79.1 cm³/mol. The third-order valence-electron chi connectivity index (χ3n) is 2.62. The van der Waals surface area contributed by atoms with Crippen LogP contribution in [-0.2, 0) is 6.54 Å². The molecule has 0 radical (unpaired) electrons. The van der Waals surface area contributed by atoms with Gasteiger partial charge in [-0.3, -0.25) is 4.68 Å². The summed E-state index contributed by atoms with van der Waals surface area (Å²) in [4.78, 5) is 0. The van der Waals surface area contributed by atoms with Crippen molar-refractivity contribution >= 4 is 28.3 Å². The molecule has 18 heavy (non-hydrogen) atoms. The Hall–Kier alpha value is -1.11. The number of nitrogens with one attached hydrogen (secondary N) is 1. The van der Waals surface area contributed by atoms with Crippen LogP contribution in [-0.4, -0.2) is 9.78 Å². The molecule has 0 fully saturated rings. The molecular formula is C13H15FIN3. The van der Waals surface area contributed by atoms with Crippen LogP contribution >= 0.6 is 22.6 Å². The van der Waals surface area contributed by atoms with Gasteiger partial charge in [0.05, 0.1) is 15.5 Å². The van der Waals surface area contributed by atoms with Gasteiger partial charge in [-0.1, -0.05) is 6.07 Å². The van der Waals surface area contributed by atoms with Crippen LogP contribution < -0.4 is 5.32 Å². The van der Waals surface area contributed by atoms with Crippen LogP contribution in [0, 0.1) is 9.39 Å². The molecule has 1 aromatic heterocycles. The summed E-state index contributed by atoms with van der Waals surface area (Å²) in [6.45, 7) is 4.81. The van der Waals surface area contributed by atoms with Crippen LogP contribution in [0.4, 0.5) is 10.1 Å². The second kappa shape index (κ2) is 5.69. The van der Waals surface area contributed by atoms with Crippen LogP contribution in [0.2, 0.25) is 0 Å². The molecule has 0 bridgehead atoms. The van der Waals surface area contributed by atoms with E-state index in [1.807, 2.05) is 45.7 Å². The van der Waals surface area contributed by atoms with E-state index in [0.717, 1.165) is 11.3 Å². The molecule has 2 rings (SSSR count). The average Bonchev–Trinajstić information content (AvgIpc) is 2.80. The normalized spacial score (nSPS) is 10.9. The quantitative estimate of drug-likeness (QED) is 0.842. The van der Waals surface area contributed by atoms with Gasteiger partial charge < -0.3 is 5.32 Å². The molecule has 5 heteroatoms. The summed E-state index contributed by atoms with van der Waals surface area (Å²) in [5.41, 5.74) is 1.90. The van der Waals surface area contributed by atoms with Crippen LogP contribution in [0.5, 0.6) is 0 Å². The van der Waals surface area contributed by atoms with E-state index in [-0.39, 0.29) is 5.82 Å². The number of nitrogens with zero attached hydrogens (tertiary/aromatic N) is 2. The Morgan fingerprint density at radius 2 is 2.22 bits per heavy atom. The molecule has 0 unspecified atom stereocenters. The van der Waals surface area contributed by atoms with Crippen molar-refractivity contribution < 1.29 is 4.39 Å². The minimum Gasteiger partial charge on any atom is -0.380 e. The van der Waals surface area contributed by atoms with Crippen molar-refractivity contribution in [3.05, 3.63) is 45.5 Å². The summed E-state index contributed by atoms with van der Waals surface area (Å²) in [5, 5.41) is 7.49. The first-order valence-corrected chi connectivity index (χ1v) is 6.86. The van der Waals surface area contributed by atoms with E-state index in [1.165, 1.54) is 6.07 Å². The van der Waals surface area contributed by atoms with Gasteiger partial charge in [0, 0.05) is 24.3 Å². The maximum atomic E-state index is 13.4. The molecular weight excluding hydrogens is 344 g/mol. The molecule has 0 aliphatic rings. The van der Waals surface area contributed by atoms with E-state index in [2.05, 4.69) is 24.3 Å². The highest BCUT2D eigenvalue weighted by molar-refractivity contribution is 14.1. The molecule has 0 saturated carbocycles. The van der Waals surface area contributed by atoms with Gasteiger partial charge in [0.2, 0.25) is 0 Å². The molecule has 0 saturated heterocycles. The number of hydrogen-bond acceptors (Lipinski definition) is 2. The lowest BCUT2D eigenvalue weighted by Crippen LogP contribution is -2.02. The predicted octanol–water partition coefficient (Wildman–Crippen LogP) is 3.82. The Morgan fingerprint density at radius 3 is 2.89 bits per heavy atom. The monoisotopic (exact) mass is 359 g/mol. The lowest BCUT2D eigenvalue weighted by atomic mass is 10.3. The Morgan fingerprint density at radius 1 is 1.44 bits per heavy atom. The van der Waals surface area contributed by atoms with Gasteiger partial charge in [-0.25, -0.2) is 4.39 Å². The van der Waals surface area contributed by atoms with E-state index >= 15 is 0 Å². The number of aromatic nitrogens is 2. The number of anilines is 1. The molecule has 0 amide bonds. The van der Waals surface area contributed by atoms with Gasteiger partial charge in [-0.15, -0.1) is 0 Å². The highest BCUT2D eigenvalue weighted by Gasteiger charge is 2.06. The van der Waals surface area contributed by atoms with Crippen molar-refractivity contribution in [1.82, 2.24) is 9.78 Å². The molecule has 2 aromatic rings. The average molecular weight is 359 g/mol. The van der Waals surface area contributed by atoms with E-state index in [4.69, 9.17) is 0 Å². The van der Waals surface area contributed by atoms with E-state index < -0.39 is 0 Å². The number of benzene rings is 1. The number of halogens is 2. The highest BCUT2D eigenvalue weighted by Crippen LogP contribution is 2.21. The minimum absolute atomic E-state index is 0.196. The molecule has 0 aliphatic carbocycles. The van der Waals surface area contributed by atoms with Gasteiger partial charge >= 0.3 is 0 Å². The van der Waals surface area contributed by atoms with Crippen LogP contribution in [0.1, 0.15) is 25.5 Å². The van der Waals surface area contributed by atoms with E-state index in [9.17, 15) is 4.39 Å².